The van der Waals surface area contributed by atoms with Crippen molar-refractivity contribution in [3.8, 4) is 5.69 Å². The fourth-order valence-corrected chi connectivity index (χ4v) is 2.30. The Morgan fingerprint density at radius 3 is 2.91 bits per heavy atom. The van der Waals surface area contributed by atoms with Gasteiger partial charge >= 0.3 is 0 Å². The van der Waals surface area contributed by atoms with E-state index in [1.165, 1.54) is 6.33 Å². The van der Waals surface area contributed by atoms with E-state index in [0.29, 0.717) is 23.9 Å². The summed E-state index contributed by atoms with van der Waals surface area (Å²) in [4.78, 5) is 8.29. The molecule has 0 aliphatic heterocycles. The summed E-state index contributed by atoms with van der Waals surface area (Å²) in [6.07, 6.45) is 1.43. The molecule has 0 saturated heterocycles. The van der Waals surface area contributed by atoms with Gasteiger partial charge in [-0.05, 0) is 29.5 Å². The molecule has 0 fully saturated rings. The Morgan fingerprint density at radius 2 is 2.04 bits per heavy atom. The van der Waals surface area contributed by atoms with Crippen molar-refractivity contribution < 1.29 is 4.52 Å². The largest absolute Gasteiger partial charge is 0.362 e. The summed E-state index contributed by atoms with van der Waals surface area (Å²) in [7, 11) is 0. The number of hydrogen-bond donors (Lipinski definition) is 1. The number of hydrogen-bond acceptors (Lipinski definition) is 8. The number of nitrogens with zero attached hydrogens (tertiary/aromatic N) is 7. The summed E-state index contributed by atoms with van der Waals surface area (Å²) >= 11 is 0. The summed E-state index contributed by atoms with van der Waals surface area (Å²) < 4.78 is 6.81. The lowest BCUT2D eigenvalue weighted by atomic mass is 10.3. The Morgan fingerprint density at radius 1 is 1.17 bits per heavy atom. The van der Waals surface area contributed by atoms with E-state index in [0.717, 1.165) is 16.8 Å². The first kappa shape index (κ1) is 13.3. The van der Waals surface area contributed by atoms with E-state index in [9.17, 15) is 0 Å². The summed E-state index contributed by atoms with van der Waals surface area (Å²) in [5.41, 5.74) is 2.07. The molecule has 3 aromatic heterocycles. The first-order valence-corrected chi connectivity index (χ1v) is 6.96. The second-order valence-corrected chi connectivity index (χ2v) is 4.87. The molecule has 9 heteroatoms. The van der Waals surface area contributed by atoms with Gasteiger partial charge in [-0.2, -0.15) is 9.67 Å². The smallest absolute Gasteiger partial charge is 0.263 e. The zero-order valence-electron chi connectivity index (χ0n) is 12.2. The van der Waals surface area contributed by atoms with Gasteiger partial charge in [-0.3, -0.25) is 0 Å². The molecule has 0 spiro atoms. The maximum Gasteiger partial charge on any atom is 0.263 e. The minimum atomic E-state index is 0.401. The number of aromatic nitrogens is 7. The van der Waals surface area contributed by atoms with Crippen molar-refractivity contribution in [3.05, 3.63) is 48.2 Å². The predicted molar refractivity (Wildman–Crippen MR) is 80.8 cm³/mol. The third-order valence-electron chi connectivity index (χ3n) is 3.39. The minimum Gasteiger partial charge on any atom is -0.362 e. The first-order valence-electron chi connectivity index (χ1n) is 6.96. The van der Waals surface area contributed by atoms with E-state index in [-0.39, 0.29) is 0 Å². The van der Waals surface area contributed by atoms with Crippen LogP contribution in [0.1, 0.15) is 11.5 Å². The number of fused-ring (bicyclic) bond motifs is 1. The first-order chi connectivity index (χ1) is 11.3. The van der Waals surface area contributed by atoms with Gasteiger partial charge in [0, 0.05) is 0 Å². The number of tetrazole rings is 1. The van der Waals surface area contributed by atoms with Crippen LogP contribution in [0.25, 0.3) is 16.8 Å². The molecule has 0 radical (unpaired) electrons. The second kappa shape index (κ2) is 5.44. The summed E-state index contributed by atoms with van der Waals surface area (Å²) in [6.45, 7) is 2.24. The van der Waals surface area contributed by atoms with Crippen molar-refractivity contribution in [1.29, 1.82) is 0 Å². The molecule has 4 rings (SSSR count). The quantitative estimate of drug-likeness (QED) is 0.604. The lowest BCUT2D eigenvalue weighted by Gasteiger charge is -2.07. The molecule has 0 amide bonds. The minimum absolute atomic E-state index is 0.401. The van der Waals surface area contributed by atoms with Gasteiger partial charge < -0.3 is 9.84 Å². The SMILES string of the molecule is Cc1noc2ncnc(NCc3nnnn3-c3ccccc3)c12. The van der Waals surface area contributed by atoms with E-state index in [2.05, 4.69) is 36.0 Å². The maximum absolute atomic E-state index is 5.13. The zero-order chi connectivity index (χ0) is 15.6. The molecule has 0 aliphatic carbocycles. The van der Waals surface area contributed by atoms with Crippen molar-refractivity contribution in [3.63, 3.8) is 0 Å². The van der Waals surface area contributed by atoms with Gasteiger partial charge in [-0.25, -0.2) is 4.98 Å². The lowest BCUT2D eigenvalue weighted by Crippen LogP contribution is -2.09. The van der Waals surface area contributed by atoms with Crippen LogP contribution in [0.15, 0.2) is 41.2 Å². The molecule has 9 nitrogen and oxygen atoms in total. The van der Waals surface area contributed by atoms with E-state index < -0.39 is 0 Å². The highest BCUT2D eigenvalue weighted by molar-refractivity contribution is 5.87. The van der Waals surface area contributed by atoms with Crippen molar-refractivity contribution in [2.45, 2.75) is 13.5 Å². The van der Waals surface area contributed by atoms with Crippen LogP contribution < -0.4 is 5.32 Å². The highest BCUT2D eigenvalue weighted by Gasteiger charge is 2.13. The third kappa shape index (κ3) is 2.37. The van der Waals surface area contributed by atoms with Crippen LogP contribution in [0.5, 0.6) is 0 Å². The standard InChI is InChI=1S/C14H12N8O/c1-9-12-13(16-8-17-14(12)23-19-9)15-7-11-18-20-21-22(11)10-5-3-2-4-6-10/h2-6,8H,7H2,1H3,(H,15,16,17). The van der Waals surface area contributed by atoms with Crippen LogP contribution in [0.4, 0.5) is 5.82 Å². The molecule has 3 heterocycles. The molecule has 0 bridgehead atoms. The van der Waals surface area contributed by atoms with E-state index in [4.69, 9.17) is 4.52 Å². The Hall–Kier alpha value is -3.36. The van der Waals surface area contributed by atoms with Gasteiger partial charge in [-0.1, -0.05) is 23.4 Å². The number of benzene rings is 1. The predicted octanol–water partition coefficient (Wildman–Crippen LogP) is 1.51. The van der Waals surface area contributed by atoms with Gasteiger partial charge in [0.15, 0.2) is 5.82 Å². The topological polar surface area (TPSA) is 107 Å². The summed E-state index contributed by atoms with van der Waals surface area (Å²) in [5.74, 6) is 1.30. The molecular weight excluding hydrogens is 296 g/mol. The number of aryl methyl sites for hydroxylation is 1. The average molecular weight is 308 g/mol. The molecule has 0 saturated carbocycles. The summed E-state index contributed by atoms with van der Waals surface area (Å²) in [5, 5.41) is 19.7. The van der Waals surface area contributed by atoms with Crippen molar-refractivity contribution >= 4 is 16.9 Å². The molecule has 0 atom stereocenters. The second-order valence-electron chi connectivity index (χ2n) is 4.87. The molecule has 0 aliphatic rings. The molecule has 114 valence electrons. The number of anilines is 1. The highest BCUT2D eigenvalue weighted by atomic mass is 16.5. The van der Waals surface area contributed by atoms with Gasteiger partial charge in [-0.15, -0.1) is 5.10 Å². The lowest BCUT2D eigenvalue weighted by molar-refractivity contribution is 0.442. The maximum atomic E-state index is 5.13. The Labute approximate surface area is 130 Å². The van der Waals surface area contributed by atoms with Crippen LogP contribution in [0.2, 0.25) is 0 Å². The van der Waals surface area contributed by atoms with Crippen molar-refractivity contribution in [2.24, 2.45) is 0 Å². The van der Waals surface area contributed by atoms with Crippen molar-refractivity contribution in [2.75, 3.05) is 5.32 Å². The Kier molecular flexibility index (Phi) is 3.15. The van der Waals surface area contributed by atoms with Gasteiger partial charge in [0.25, 0.3) is 5.71 Å². The van der Waals surface area contributed by atoms with Crippen molar-refractivity contribution in [1.82, 2.24) is 35.3 Å². The van der Waals surface area contributed by atoms with Gasteiger partial charge in [0.2, 0.25) is 0 Å². The molecular formula is C14H12N8O. The van der Waals surface area contributed by atoms with E-state index in [1.807, 2.05) is 37.3 Å². The van der Waals surface area contributed by atoms with E-state index in [1.54, 1.807) is 4.68 Å². The monoisotopic (exact) mass is 308 g/mol. The number of rotatable bonds is 4. The van der Waals surface area contributed by atoms with Gasteiger partial charge in [0.1, 0.15) is 17.5 Å². The fraction of sp³-hybridized carbons (Fsp3) is 0.143. The molecule has 1 N–H and O–H groups in total. The third-order valence-corrected chi connectivity index (χ3v) is 3.39. The highest BCUT2D eigenvalue weighted by Crippen LogP contribution is 2.22. The van der Waals surface area contributed by atoms with Crippen LogP contribution in [-0.4, -0.2) is 35.3 Å². The molecule has 1 aromatic carbocycles. The zero-order valence-corrected chi connectivity index (χ0v) is 12.2. The number of para-hydroxylation sites is 1. The molecule has 0 unspecified atom stereocenters. The molecule has 23 heavy (non-hydrogen) atoms. The fourth-order valence-electron chi connectivity index (χ4n) is 2.30. The number of nitrogens with one attached hydrogen (secondary N) is 1. The van der Waals surface area contributed by atoms with Crippen LogP contribution >= 0.6 is 0 Å². The summed E-state index contributed by atoms with van der Waals surface area (Å²) in [6, 6.07) is 9.68. The average Bonchev–Trinajstić information content (AvgIpc) is 3.21. The van der Waals surface area contributed by atoms with E-state index >= 15 is 0 Å². The Balaban J connectivity index is 1.63. The molecule has 4 aromatic rings. The van der Waals surface area contributed by atoms with Crippen LogP contribution in [0.3, 0.4) is 0 Å². The van der Waals surface area contributed by atoms with Gasteiger partial charge in [0.05, 0.1) is 17.9 Å². The van der Waals surface area contributed by atoms with Crippen LogP contribution in [0, 0.1) is 6.92 Å². The van der Waals surface area contributed by atoms with Crippen LogP contribution in [-0.2, 0) is 6.54 Å². The Bertz CT molecular complexity index is 946. The normalized spacial score (nSPS) is 11.0.